The standard InChI is InChI=1S/C25H38N6O4/c1-17-23(28-11-5-4-9-22(33)27-3)30-25(31-24(17)29-19-10-12-34-15-19)18-7-6-8-21(13-18)35-16-20(32)14-26-2/h6-8,13,19-20,26,32H,4-5,9-12,14-16H2,1-3H3,(H,27,33)(H2,28,29,30,31). The first-order chi connectivity index (χ1) is 17.0. The minimum atomic E-state index is -0.595. The molecule has 1 aliphatic heterocycles. The number of benzene rings is 1. The van der Waals surface area contributed by atoms with Crippen molar-refractivity contribution in [3.05, 3.63) is 29.8 Å². The van der Waals surface area contributed by atoms with Gasteiger partial charge in [0.15, 0.2) is 5.82 Å². The minimum Gasteiger partial charge on any atom is -0.491 e. The third kappa shape index (κ3) is 8.34. The Hall–Kier alpha value is -2.95. The van der Waals surface area contributed by atoms with Crippen molar-refractivity contribution in [3.63, 3.8) is 0 Å². The number of nitrogens with one attached hydrogen (secondary N) is 4. The van der Waals surface area contributed by atoms with Crippen molar-refractivity contribution in [2.75, 3.05) is 57.6 Å². The molecule has 10 heteroatoms. The fourth-order valence-corrected chi connectivity index (χ4v) is 3.75. The van der Waals surface area contributed by atoms with E-state index in [1.54, 1.807) is 14.1 Å². The van der Waals surface area contributed by atoms with Gasteiger partial charge in [0.2, 0.25) is 5.91 Å². The van der Waals surface area contributed by atoms with E-state index in [1.165, 1.54) is 0 Å². The lowest BCUT2D eigenvalue weighted by Crippen LogP contribution is -2.29. The number of anilines is 2. The van der Waals surface area contributed by atoms with E-state index >= 15 is 0 Å². The average Bonchev–Trinajstić information content (AvgIpc) is 3.38. The number of unbranched alkanes of at least 4 members (excludes halogenated alkanes) is 1. The van der Waals surface area contributed by atoms with Crippen LogP contribution in [0.15, 0.2) is 24.3 Å². The molecular formula is C25H38N6O4. The van der Waals surface area contributed by atoms with E-state index in [0.717, 1.165) is 48.6 Å². The molecule has 192 valence electrons. The highest BCUT2D eigenvalue weighted by Gasteiger charge is 2.19. The number of amides is 1. The predicted octanol–water partition coefficient (Wildman–Crippen LogP) is 1.94. The fourth-order valence-electron chi connectivity index (χ4n) is 3.75. The highest BCUT2D eigenvalue weighted by atomic mass is 16.5. The summed E-state index contributed by atoms with van der Waals surface area (Å²) in [6.45, 7) is 4.74. The summed E-state index contributed by atoms with van der Waals surface area (Å²) >= 11 is 0. The first kappa shape index (κ1) is 26.7. The second-order valence-corrected chi connectivity index (χ2v) is 8.68. The van der Waals surface area contributed by atoms with Gasteiger partial charge < -0.3 is 35.8 Å². The van der Waals surface area contributed by atoms with Crippen molar-refractivity contribution in [2.24, 2.45) is 0 Å². The maximum atomic E-state index is 11.5. The second kappa shape index (κ2) is 13.8. The number of carbonyl (C=O) groups is 1. The molecule has 2 aromatic rings. The molecule has 1 aromatic heterocycles. The number of aromatic nitrogens is 2. The number of likely N-dealkylation sites (N-methyl/N-ethyl adjacent to an activating group) is 1. The maximum absolute atomic E-state index is 11.5. The molecule has 1 aromatic carbocycles. The van der Waals surface area contributed by atoms with Gasteiger partial charge in [0.05, 0.1) is 12.6 Å². The number of nitrogens with zero attached hydrogens (tertiary/aromatic N) is 2. The number of ether oxygens (including phenoxy) is 2. The third-order valence-electron chi connectivity index (χ3n) is 5.79. The Labute approximate surface area is 207 Å². The zero-order valence-corrected chi connectivity index (χ0v) is 20.9. The van der Waals surface area contributed by atoms with Gasteiger partial charge in [-0.25, -0.2) is 9.97 Å². The Morgan fingerprint density at radius 1 is 1.26 bits per heavy atom. The summed E-state index contributed by atoms with van der Waals surface area (Å²) in [5.41, 5.74) is 1.76. The van der Waals surface area contributed by atoms with Crippen LogP contribution < -0.4 is 26.0 Å². The minimum absolute atomic E-state index is 0.0522. The molecule has 3 rings (SSSR count). The van der Waals surface area contributed by atoms with Crippen LogP contribution in [-0.4, -0.2) is 80.1 Å². The van der Waals surface area contributed by atoms with Gasteiger partial charge in [0, 0.05) is 44.3 Å². The number of rotatable bonds is 14. The van der Waals surface area contributed by atoms with Crippen LogP contribution in [0, 0.1) is 6.92 Å². The third-order valence-corrected chi connectivity index (χ3v) is 5.79. The molecule has 1 aliphatic rings. The van der Waals surface area contributed by atoms with Crippen LogP contribution in [-0.2, 0) is 9.53 Å². The van der Waals surface area contributed by atoms with Crippen LogP contribution in [0.1, 0.15) is 31.2 Å². The van der Waals surface area contributed by atoms with Gasteiger partial charge in [-0.2, -0.15) is 0 Å². The number of aliphatic hydroxyl groups excluding tert-OH is 1. The molecule has 0 bridgehead atoms. The molecule has 0 saturated carbocycles. The van der Waals surface area contributed by atoms with E-state index in [2.05, 4.69) is 21.3 Å². The van der Waals surface area contributed by atoms with Crippen molar-refractivity contribution >= 4 is 17.5 Å². The van der Waals surface area contributed by atoms with Crippen molar-refractivity contribution < 1.29 is 19.4 Å². The normalized spacial score (nSPS) is 16.1. The van der Waals surface area contributed by atoms with Gasteiger partial charge in [-0.3, -0.25) is 4.79 Å². The lowest BCUT2D eigenvalue weighted by Gasteiger charge is -2.18. The molecule has 5 N–H and O–H groups in total. The van der Waals surface area contributed by atoms with Crippen LogP contribution in [0.5, 0.6) is 5.75 Å². The number of carbonyl (C=O) groups excluding carboxylic acids is 1. The van der Waals surface area contributed by atoms with Crippen LogP contribution in [0.25, 0.3) is 11.4 Å². The number of hydrogen-bond acceptors (Lipinski definition) is 9. The summed E-state index contributed by atoms with van der Waals surface area (Å²) in [5, 5.41) is 22.5. The molecule has 0 spiro atoms. The number of aliphatic hydroxyl groups is 1. The number of hydrogen-bond donors (Lipinski definition) is 5. The van der Waals surface area contributed by atoms with E-state index in [0.29, 0.717) is 37.7 Å². The lowest BCUT2D eigenvalue weighted by molar-refractivity contribution is -0.120. The summed E-state index contributed by atoms with van der Waals surface area (Å²) in [7, 11) is 3.44. The predicted molar refractivity (Wildman–Crippen MR) is 137 cm³/mol. The molecule has 2 unspecified atom stereocenters. The molecule has 10 nitrogen and oxygen atoms in total. The van der Waals surface area contributed by atoms with Gasteiger partial charge in [0.25, 0.3) is 0 Å². The molecular weight excluding hydrogens is 448 g/mol. The maximum Gasteiger partial charge on any atom is 0.219 e. The molecule has 2 heterocycles. The summed E-state index contributed by atoms with van der Waals surface area (Å²) in [6, 6.07) is 7.77. The van der Waals surface area contributed by atoms with Gasteiger partial charge >= 0.3 is 0 Å². The largest absolute Gasteiger partial charge is 0.491 e. The molecule has 2 atom stereocenters. The highest BCUT2D eigenvalue weighted by molar-refractivity contribution is 5.75. The van der Waals surface area contributed by atoms with E-state index in [1.807, 2.05) is 31.2 Å². The smallest absolute Gasteiger partial charge is 0.219 e. The van der Waals surface area contributed by atoms with E-state index in [-0.39, 0.29) is 18.6 Å². The Balaban J connectivity index is 1.77. The Kier molecular flexibility index (Phi) is 10.5. The van der Waals surface area contributed by atoms with Crippen LogP contribution >= 0.6 is 0 Å². The van der Waals surface area contributed by atoms with Crippen LogP contribution in [0.3, 0.4) is 0 Å². The Morgan fingerprint density at radius 2 is 2.09 bits per heavy atom. The van der Waals surface area contributed by atoms with Crippen LogP contribution in [0.4, 0.5) is 11.6 Å². The summed E-state index contributed by atoms with van der Waals surface area (Å²) in [5.74, 6) is 2.80. The molecule has 1 saturated heterocycles. The highest BCUT2D eigenvalue weighted by Crippen LogP contribution is 2.28. The van der Waals surface area contributed by atoms with Gasteiger partial charge in [-0.15, -0.1) is 0 Å². The van der Waals surface area contributed by atoms with Crippen molar-refractivity contribution in [1.82, 2.24) is 20.6 Å². The van der Waals surface area contributed by atoms with Gasteiger partial charge in [-0.05, 0) is 45.4 Å². The summed E-state index contributed by atoms with van der Waals surface area (Å²) in [6.07, 6.45) is 2.50. The lowest BCUT2D eigenvalue weighted by atomic mass is 10.1. The summed E-state index contributed by atoms with van der Waals surface area (Å²) in [4.78, 5) is 21.1. The Bertz CT molecular complexity index is 952. The molecule has 1 amide bonds. The van der Waals surface area contributed by atoms with E-state index in [9.17, 15) is 9.90 Å². The van der Waals surface area contributed by atoms with Crippen LogP contribution in [0.2, 0.25) is 0 Å². The summed E-state index contributed by atoms with van der Waals surface area (Å²) < 4.78 is 11.3. The molecule has 35 heavy (non-hydrogen) atoms. The zero-order valence-electron chi connectivity index (χ0n) is 20.9. The molecule has 1 fully saturated rings. The molecule has 0 aliphatic carbocycles. The zero-order chi connectivity index (χ0) is 25.0. The quantitative estimate of drug-likeness (QED) is 0.254. The molecule has 0 radical (unpaired) electrons. The van der Waals surface area contributed by atoms with E-state index in [4.69, 9.17) is 19.4 Å². The Morgan fingerprint density at radius 3 is 2.83 bits per heavy atom. The van der Waals surface area contributed by atoms with Crippen molar-refractivity contribution in [2.45, 2.75) is 44.8 Å². The van der Waals surface area contributed by atoms with E-state index < -0.39 is 6.10 Å². The van der Waals surface area contributed by atoms with Gasteiger partial charge in [-0.1, -0.05) is 12.1 Å². The topological polar surface area (TPSA) is 130 Å². The van der Waals surface area contributed by atoms with Gasteiger partial charge in [0.1, 0.15) is 30.1 Å². The SMILES string of the molecule is CNCC(O)COc1cccc(-c2nc(NCCCCC(=O)NC)c(C)c(NC3CCOC3)n2)c1. The second-order valence-electron chi connectivity index (χ2n) is 8.68. The fraction of sp³-hybridized carbons (Fsp3) is 0.560. The average molecular weight is 487 g/mol. The first-order valence-electron chi connectivity index (χ1n) is 12.2. The van der Waals surface area contributed by atoms with Crippen molar-refractivity contribution in [3.8, 4) is 17.1 Å². The first-order valence-corrected chi connectivity index (χ1v) is 12.2. The van der Waals surface area contributed by atoms with Crippen molar-refractivity contribution in [1.29, 1.82) is 0 Å². The monoisotopic (exact) mass is 486 g/mol.